The van der Waals surface area contributed by atoms with Crippen LogP contribution in [0.5, 0.6) is 5.75 Å². The van der Waals surface area contributed by atoms with Crippen LogP contribution >= 0.6 is 0 Å². The molecular weight excluding hydrogens is 194 g/mol. The zero-order chi connectivity index (χ0) is 10.8. The molecule has 78 valence electrons. The second-order valence-electron chi connectivity index (χ2n) is 3.34. The molecule has 0 unspecified atom stereocenters. The van der Waals surface area contributed by atoms with Crippen LogP contribution in [0.2, 0.25) is 0 Å². The quantitative estimate of drug-likeness (QED) is 0.805. The van der Waals surface area contributed by atoms with E-state index in [1.54, 1.807) is 29.2 Å². The fraction of sp³-hybridized carbons (Fsp3) is 0.200. The summed E-state index contributed by atoms with van der Waals surface area (Å²) in [6.07, 6.45) is 0. The van der Waals surface area contributed by atoms with Crippen molar-refractivity contribution in [3.05, 3.63) is 24.3 Å². The van der Waals surface area contributed by atoms with Gasteiger partial charge in [0.2, 0.25) is 0 Å². The van der Waals surface area contributed by atoms with Crippen LogP contribution in [0.3, 0.4) is 0 Å². The van der Waals surface area contributed by atoms with Gasteiger partial charge in [0.1, 0.15) is 5.75 Å². The van der Waals surface area contributed by atoms with Crippen LogP contribution in [0.25, 0.3) is 11.5 Å². The Bertz CT molecular complexity index is 465. The zero-order valence-electron chi connectivity index (χ0n) is 8.51. The van der Waals surface area contributed by atoms with E-state index < -0.39 is 0 Å². The first-order valence-corrected chi connectivity index (χ1v) is 4.47. The number of aromatic hydroxyl groups is 1. The number of aromatic nitrogens is 2. The van der Waals surface area contributed by atoms with Crippen molar-refractivity contribution in [1.29, 1.82) is 0 Å². The molecule has 0 aliphatic carbocycles. The summed E-state index contributed by atoms with van der Waals surface area (Å²) in [7, 11) is 3.66. The molecule has 0 bridgehead atoms. The van der Waals surface area contributed by atoms with Gasteiger partial charge in [-0.05, 0) is 23.4 Å². The molecule has 15 heavy (non-hydrogen) atoms. The van der Waals surface area contributed by atoms with Crippen LogP contribution in [-0.2, 0) is 0 Å². The van der Waals surface area contributed by atoms with Gasteiger partial charge >= 0.3 is 0 Å². The first-order chi connectivity index (χ1) is 7.16. The summed E-state index contributed by atoms with van der Waals surface area (Å²) in [5.41, 5.74) is 0.704. The van der Waals surface area contributed by atoms with Crippen molar-refractivity contribution in [1.82, 2.24) is 10.1 Å². The van der Waals surface area contributed by atoms with Crippen molar-refractivity contribution in [3.8, 4) is 17.2 Å². The van der Waals surface area contributed by atoms with E-state index in [1.807, 2.05) is 14.1 Å². The Balaban J connectivity index is 2.37. The number of anilines is 1. The molecule has 1 aromatic carbocycles. The number of benzene rings is 1. The van der Waals surface area contributed by atoms with Gasteiger partial charge in [0.05, 0.1) is 0 Å². The molecule has 0 aliphatic rings. The molecule has 1 aromatic heterocycles. The fourth-order valence-corrected chi connectivity index (χ4v) is 1.15. The highest BCUT2D eigenvalue weighted by Crippen LogP contribution is 2.22. The van der Waals surface area contributed by atoms with Gasteiger partial charge in [-0.25, -0.2) is 0 Å². The average molecular weight is 205 g/mol. The maximum absolute atomic E-state index is 9.29. The Morgan fingerprint density at radius 1 is 1.33 bits per heavy atom. The summed E-state index contributed by atoms with van der Waals surface area (Å²) in [5.74, 6) is 1.08. The van der Waals surface area contributed by atoms with E-state index in [2.05, 4.69) is 10.1 Å². The topological polar surface area (TPSA) is 62.4 Å². The molecule has 5 heteroatoms. The van der Waals surface area contributed by atoms with Crippen molar-refractivity contribution in [3.63, 3.8) is 0 Å². The minimum absolute atomic E-state index is 0.178. The molecule has 5 nitrogen and oxygen atoms in total. The molecular formula is C10H11N3O2. The number of rotatable bonds is 2. The SMILES string of the molecule is CN(C)c1noc(-c2cccc(O)c2)n1. The van der Waals surface area contributed by atoms with Gasteiger partial charge in [-0.2, -0.15) is 4.98 Å². The number of hydrogen-bond donors (Lipinski definition) is 1. The third kappa shape index (κ3) is 1.90. The van der Waals surface area contributed by atoms with Crippen LogP contribution in [0.15, 0.2) is 28.8 Å². The van der Waals surface area contributed by atoms with E-state index in [1.165, 1.54) is 0 Å². The lowest BCUT2D eigenvalue weighted by molar-refractivity contribution is 0.430. The van der Waals surface area contributed by atoms with E-state index in [0.29, 0.717) is 17.4 Å². The van der Waals surface area contributed by atoms with Crippen LogP contribution < -0.4 is 4.90 Å². The van der Waals surface area contributed by atoms with Gasteiger partial charge in [-0.3, -0.25) is 0 Å². The minimum atomic E-state index is 0.178. The highest BCUT2D eigenvalue weighted by Gasteiger charge is 2.09. The highest BCUT2D eigenvalue weighted by molar-refractivity contribution is 5.56. The normalized spacial score (nSPS) is 10.3. The molecule has 0 aliphatic heterocycles. The molecule has 0 radical (unpaired) electrons. The number of hydrogen-bond acceptors (Lipinski definition) is 5. The lowest BCUT2D eigenvalue weighted by Gasteiger charge is -2.02. The van der Waals surface area contributed by atoms with Crippen molar-refractivity contribution in [2.75, 3.05) is 19.0 Å². The molecule has 1 heterocycles. The third-order valence-corrected chi connectivity index (χ3v) is 1.91. The van der Waals surface area contributed by atoms with Crippen molar-refractivity contribution in [2.45, 2.75) is 0 Å². The Hall–Kier alpha value is -2.04. The van der Waals surface area contributed by atoms with Crippen LogP contribution in [0.1, 0.15) is 0 Å². The zero-order valence-corrected chi connectivity index (χ0v) is 8.51. The molecule has 0 saturated carbocycles. The predicted molar refractivity (Wildman–Crippen MR) is 55.7 cm³/mol. The van der Waals surface area contributed by atoms with E-state index in [-0.39, 0.29) is 5.75 Å². The first-order valence-electron chi connectivity index (χ1n) is 4.47. The Labute approximate surface area is 87.0 Å². The molecule has 0 atom stereocenters. The van der Waals surface area contributed by atoms with Gasteiger partial charge in [-0.15, -0.1) is 0 Å². The molecule has 0 amide bonds. The summed E-state index contributed by atoms with van der Waals surface area (Å²) in [6, 6.07) is 6.69. The van der Waals surface area contributed by atoms with Gasteiger partial charge in [0.15, 0.2) is 0 Å². The minimum Gasteiger partial charge on any atom is -0.508 e. The van der Waals surface area contributed by atoms with E-state index in [9.17, 15) is 5.11 Å². The lowest BCUT2D eigenvalue weighted by Crippen LogP contribution is -2.09. The van der Waals surface area contributed by atoms with Crippen molar-refractivity contribution >= 4 is 5.95 Å². The molecule has 0 fully saturated rings. The Morgan fingerprint density at radius 3 is 2.73 bits per heavy atom. The van der Waals surface area contributed by atoms with E-state index in [4.69, 9.17) is 4.52 Å². The second kappa shape index (κ2) is 3.61. The van der Waals surface area contributed by atoms with Crippen LogP contribution in [-0.4, -0.2) is 29.3 Å². The average Bonchev–Trinajstić information content (AvgIpc) is 2.66. The summed E-state index contributed by atoms with van der Waals surface area (Å²) in [5, 5.41) is 13.1. The summed E-state index contributed by atoms with van der Waals surface area (Å²) in [4.78, 5) is 5.90. The maximum atomic E-state index is 9.29. The predicted octanol–water partition coefficient (Wildman–Crippen LogP) is 1.51. The molecule has 0 spiro atoms. The summed E-state index contributed by atoms with van der Waals surface area (Å²) >= 11 is 0. The number of phenols is 1. The van der Waals surface area contributed by atoms with E-state index >= 15 is 0 Å². The number of phenolic OH excluding ortho intramolecular Hbond substituents is 1. The third-order valence-electron chi connectivity index (χ3n) is 1.91. The van der Waals surface area contributed by atoms with Gasteiger partial charge in [0, 0.05) is 19.7 Å². The van der Waals surface area contributed by atoms with Gasteiger partial charge < -0.3 is 14.5 Å². The standard InChI is InChI=1S/C10H11N3O2/c1-13(2)10-11-9(15-12-10)7-4-3-5-8(14)6-7/h3-6,14H,1-2H3. The van der Waals surface area contributed by atoms with E-state index in [0.717, 1.165) is 0 Å². The Kier molecular flexibility index (Phi) is 2.29. The second-order valence-corrected chi connectivity index (χ2v) is 3.34. The highest BCUT2D eigenvalue weighted by atomic mass is 16.5. The maximum Gasteiger partial charge on any atom is 0.265 e. The van der Waals surface area contributed by atoms with Crippen molar-refractivity contribution in [2.24, 2.45) is 0 Å². The molecule has 1 N–H and O–H groups in total. The van der Waals surface area contributed by atoms with Crippen LogP contribution in [0, 0.1) is 0 Å². The summed E-state index contributed by atoms with van der Waals surface area (Å²) in [6.45, 7) is 0. The van der Waals surface area contributed by atoms with Gasteiger partial charge in [-0.1, -0.05) is 6.07 Å². The van der Waals surface area contributed by atoms with Crippen molar-refractivity contribution < 1.29 is 9.63 Å². The largest absolute Gasteiger partial charge is 0.508 e. The number of nitrogens with zero attached hydrogens (tertiary/aromatic N) is 3. The molecule has 0 saturated heterocycles. The monoisotopic (exact) mass is 205 g/mol. The summed E-state index contributed by atoms with van der Waals surface area (Å²) < 4.78 is 5.05. The van der Waals surface area contributed by atoms with Crippen LogP contribution in [0.4, 0.5) is 5.95 Å². The molecule has 2 aromatic rings. The first kappa shape index (κ1) is 9.51. The molecule has 2 rings (SSSR count). The lowest BCUT2D eigenvalue weighted by atomic mass is 10.2. The smallest absolute Gasteiger partial charge is 0.265 e. The Morgan fingerprint density at radius 2 is 2.13 bits per heavy atom. The van der Waals surface area contributed by atoms with Gasteiger partial charge in [0.25, 0.3) is 11.8 Å². The fourth-order valence-electron chi connectivity index (χ4n) is 1.15.